The highest BCUT2D eigenvalue weighted by atomic mass is 32.1. The number of aryl methyl sites for hydroxylation is 2. The van der Waals surface area contributed by atoms with Crippen molar-refractivity contribution in [3.63, 3.8) is 0 Å². The molecule has 3 nitrogen and oxygen atoms in total. The molecule has 0 bridgehead atoms. The van der Waals surface area contributed by atoms with Crippen LogP contribution >= 0.6 is 12.2 Å². The molecule has 0 fully saturated rings. The highest BCUT2D eigenvalue weighted by Gasteiger charge is 2.33. The molecule has 1 heterocycles. The summed E-state index contributed by atoms with van der Waals surface area (Å²) in [5, 5.41) is 3.16. The Morgan fingerprint density at radius 3 is 2.23 bits per heavy atom. The predicted octanol–water partition coefficient (Wildman–Crippen LogP) is 4.25. The standard InChI is InChI=1S/C22H28N2OS/c1-7-23-21(26)19(20(25)17-9-8-15(2)16(3)14-17)24-12-10-18(11-13-24)22(4,5)6/h8-14,19H,7H2,1-6H3/p+1. The maximum atomic E-state index is 13.3. The van der Waals surface area contributed by atoms with Gasteiger partial charge < -0.3 is 5.32 Å². The molecule has 0 aliphatic rings. The molecule has 4 heteroatoms. The van der Waals surface area contributed by atoms with Crippen LogP contribution in [0.3, 0.4) is 0 Å². The Labute approximate surface area is 162 Å². The van der Waals surface area contributed by atoms with Crippen molar-refractivity contribution < 1.29 is 9.36 Å². The number of nitrogens with zero attached hydrogens (tertiary/aromatic N) is 1. The van der Waals surface area contributed by atoms with Crippen LogP contribution in [0.4, 0.5) is 0 Å². The van der Waals surface area contributed by atoms with E-state index in [1.54, 1.807) is 0 Å². The van der Waals surface area contributed by atoms with Crippen LogP contribution in [0.15, 0.2) is 42.7 Å². The maximum Gasteiger partial charge on any atom is 0.270 e. The van der Waals surface area contributed by atoms with Crippen molar-refractivity contribution in [2.24, 2.45) is 0 Å². The smallest absolute Gasteiger partial charge is 0.270 e. The average Bonchev–Trinajstić information content (AvgIpc) is 2.57. The fourth-order valence-corrected chi connectivity index (χ4v) is 3.20. The van der Waals surface area contributed by atoms with E-state index in [-0.39, 0.29) is 11.2 Å². The quantitative estimate of drug-likeness (QED) is 0.486. The van der Waals surface area contributed by atoms with E-state index in [0.717, 1.165) is 5.56 Å². The van der Waals surface area contributed by atoms with Crippen LogP contribution in [0.25, 0.3) is 0 Å². The minimum atomic E-state index is -0.541. The van der Waals surface area contributed by atoms with E-state index in [0.29, 0.717) is 17.1 Å². The molecule has 0 aliphatic carbocycles. The van der Waals surface area contributed by atoms with Crippen LogP contribution < -0.4 is 9.88 Å². The third-order valence-corrected chi connectivity index (χ3v) is 5.02. The normalized spacial score (nSPS) is 12.5. The first-order valence-corrected chi connectivity index (χ1v) is 9.46. The van der Waals surface area contributed by atoms with Crippen molar-refractivity contribution in [2.75, 3.05) is 6.54 Å². The van der Waals surface area contributed by atoms with Gasteiger partial charge in [-0.3, -0.25) is 4.79 Å². The Hall–Kier alpha value is -2.07. The van der Waals surface area contributed by atoms with Gasteiger partial charge in [0.2, 0.25) is 5.78 Å². The van der Waals surface area contributed by atoms with Crippen LogP contribution in [0, 0.1) is 13.8 Å². The maximum absolute atomic E-state index is 13.3. The number of carbonyl (C=O) groups is 1. The lowest BCUT2D eigenvalue weighted by Crippen LogP contribution is -2.51. The molecule has 0 spiro atoms. The van der Waals surface area contributed by atoms with Crippen molar-refractivity contribution in [3.05, 3.63) is 65.0 Å². The first kappa shape index (κ1) is 20.2. The molecule has 0 radical (unpaired) electrons. The number of thiocarbonyl (C=S) groups is 1. The molecule has 138 valence electrons. The molecule has 1 N–H and O–H groups in total. The average molecular weight is 370 g/mol. The van der Waals surface area contributed by atoms with Gasteiger partial charge in [0.25, 0.3) is 6.04 Å². The molecule has 2 rings (SSSR count). The second kappa shape index (κ2) is 8.09. The van der Waals surface area contributed by atoms with Gasteiger partial charge in [-0.15, -0.1) is 0 Å². The fourth-order valence-electron chi connectivity index (χ4n) is 2.82. The third kappa shape index (κ3) is 4.55. The molecule has 1 unspecified atom stereocenters. The first-order valence-electron chi connectivity index (χ1n) is 9.05. The summed E-state index contributed by atoms with van der Waals surface area (Å²) >= 11 is 5.54. The second-order valence-electron chi connectivity index (χ2n) is 7.74. The Balaban J connectivity index is 2.44. The van der Waals surface area contributed by atoms with Crippen molar-refractivity contribution >= 4 is 23.0 Å². The molecule has 0 saturated carbocycles. The number of carbonyl (C=O) groups excluding carboxylic acids is 1. The summed E-state index contributed by atoms with van der Waals surface area (Å²) in [6.45, 7) is 13.3. The number of hydrogen-bond donors (Lipinski definition) is 1. The lowest BCUT2D eigenvalue weighted by molar-refractivity contribution is -0.692. The summed E-state index contributed by atoms with van der Waals surface area (Å²) in [6.07, 6.45) is 3.90. The number of likely N-dealkylation sites (N-methyl/N-ethyl adjacent to an activating group) is 1. The largest absolute Gasteiger partial charge is 0.374 e. The highest BCUT2D eigenvalue weighted by Crippen LogP contribution is 2.21. The zero-order valence-corrected chi connectivity index (χ0v) is 17.4. The lowest BCUT2D eigenvalue weighted by Gasteiger charge is -2.19. The van der Waals surface area contributed by atoms with Gasteiger partial charge in [-0.2, -0.15) is 4.57 Å². The topological polar surface area (TPSA) is 33.0 Å². The zero-order chi connectivity index (χ0) is 19.5. The van der Waals surface area contributed by atoms with Gasteiger partial charge >= 0.3 is 0 Å². The molecule has 1 aromatic carbocycles. The Kier molecular flexibility index (Phi) is 6.30. The number of aromatic nitrogens is 1. The van der Waals surface area contributed by atoms with E-state index >= 15 is 0 Å². The van der Waals surface area contributed by atoms with Gasteiger partial charge in [0.1, 0.15) is 0 Å². The Bertz CT molecular complexity index is 804. The summed E-state index contributed by atoms with van der Waals surface area (Å²) < 4.78 is 1.90. The van der Waals surface area contributed by atoms with Gasteiger partial charge in [-0.25, -0.2) is 0 Å². The van der Waals surface area contributed by atoms with E-state index < -0.39 is 6.04 Å². The lowest BCUT2D eigenvalue weighted by atomic mass is 9.88. The van der Waals surface area contributed by atoms with Gasteiger partial charge in [-0.05, 0) is 48.9 Å². The number of rotatable bonds is 5. The summed E-state index contributed by atoms with van der Waals surface area (Å²) in [5.41, 5.74) is 4.26. The predicted molar refractivity (Wildman–Crippen MR) is 111 cm³/mol. The number of ketones is 1. The molecule has 1 aromatic heterocycles. The molecule has 0 saturated heterocycles. The number of benzene rings is 1. The summed E-state index contributed by atoms with van der Waals surface area (Å²) in [7, 11) is 0. The molecule has 2 aromatic rings. The third-order valence-electron chi connectivity index (χ3n) is 4.66. The van der Waals surface area contributed by atoms with E-state index in [4.69, 9.17) is 12.2 Å². The van der Waals surface area contributed by atoms with Gasteiger partial charge in [-0.1, -0.05) is 45.1 Å². The second-order valence-corrected chi connectivity index (χ2v) is 8.18. The molecule has 0 aliphatic heterocycles. The van der Waals surface area contributed by atoms with Crippen LogP contribution in [0.1, 0.15) is 60.8 Å². The number of Topliss-reactive ketones (excluding diaryl/α,β-unsaturated/α-hetero) is 1. The first-order chi connectivity index (χ1) is 12.1. The van der Waals surface area contributed by atoms with Crippen LogP contribution in [0.2, 0.25) is 0 Å². The van der Waals surface area contributed by atoms with E-state index in [1.165, 1.54) is 11.1 Å². The van der Waals surface area contributed by atoms with Gasteiger partial charge in [0, 0.05) is 24.2 Å². The van der Waals surface area contributed by atoms with Crippen LogP contribution in [0.5, 0.6) is 0 Å². The number of pyridine rings is 1. The highest BCUT2D eigenvalue weighted by molar-refractivity contribution is 7.80. The van der Waals surface area contributed by atoms with Crippen molar-refractivity contribution in [2.45, 2.75) is 53.0 Å². The fraction of sp³-hybridized carbons (Fsp3) is 0.409. The monoisotopic (exact) mass is 369 g/mol. The molecule has 26 heavy (non-hydrogen) atoms. The van der Waals surface area contributed by atoms with Crippen LogP contribution in [-0.4, -0.2) is 17.3 Å². The summed E-state index contributed by atoms with van der Waals surface area (Å²) in [6, 6.07) is 9.41. The molecular formula is C22H29N2OS+. The van der Waals surface area contributed by atoms with Crippen molar-refractivity contribution in [3.8, 4) is 0 Å². The summed E-state index contributed by atoms with van der Waals surface area (Å²) in [5.74, 6) is 0.00700. The number of nitrogens with one attached hydrogen (secondary N) is 1. The number of hydrogen-bond acceptors (Lipinski definition) is 2. The minimum Gasteiger partial charge on any atom is -0.374 e. The summed E-state index contributed by atoms with van der Waals surface area (Å²) in [4.78, 5) is 13.8. The zero-order valence-electron chi connectivity index (χ0n) is 16.6. The molecule has 0 amide bonds. The van der Waals surface area contributed by atoms with Gasteiger partial charge in [0.05, 0.1) is 0 Å². The van der Waals surface area contributed by atoms with E-state index in [1.807, 2.05) is 55.9 Å². The van der Waals surface area contributed by atoms with Crippen molar-refractivity contribution in [1.29, 1.82) is 0 Å². The Morgan fingerprint density at radius 1 is 1.12 bits per heavy atom. The Morgan fingerprint density at radius 2 is 1.73 bits per heavy atom. The van der Waals surface area contributed by atoms with E-state index in [9.17, 15) is 4.79 Å². The molecule has 1 atom stereocenters. The van der Waals surface area contributed by atoms with Crippen LogP contribution in [-0.2, 0) is 5.41 Å². The SMILES string of the molecule is CCNC(=S)C(C(=O)c1ccc(C)c(C)c1)[n+]1ccc(C(C)(C)C)cc1. The molecular weight excluding hydrogens is 340 g/mol. The van der Waals surface area contributed by atoms with E-state index in [2.05, 4.69) is 38.2 Å². The van der Waals surface area contributed by atoms with Crippen molar-refractivity contribution in [1.82, 2.24) is 5.32 Å². The minimum absolute atomic E-state index is 0.00700. The van der Waals surface area contributed by atoms with Gasteiger partial charge in [0.15, 0.2) is 17.4 Å².